The first kappa shape index (κ1) is 14.9. The number of nitrogens with one attached hydrogen (secondary N) is 1. The molecule has 1 aromatic carbocycles. The van der Waals surface area contributed by atoms with Crippen LogP contribution in [0.1, 0.15) is 25.3 Å². The van der Waals surface area contributed by atoms with E-state index >= 15 is 0 Å². The van der Waals surface area contributed by atoms with Crippen LogP contribution in [0.25, 0.3) is 0 Å². The van der Waals surface area contributed by atoms with E-state index in [2.05, 4.69) is 28.2 Å². The molecule has 1 N–H and O–H groups in total. The van der Waals surface area contributed by atoms with Gasteiger partial charge in [0.05, 0.1) is 10.6 Å². The van der Waals surface area contributed by atoms with Gasteiger partial charge >= 0.3 is 0 Å². The molecule has 4 nitrogen and oxygen atoms in total. The Morgan fingerprint density at radius 3 is 3.00 bits per heavy atom. The Kier molecular flexibility index (Phi) is 3.78. The van der Waals surface area contributed by atoms with Crippen molar-refractivity contribution in [2.45, 2.75) is 37.6 Å². The smallest absolute Gasteiger partial charge is 0.248 e. The average Bonchev–Trinajstić information content (AvgIpc) is 2.90. The molecule has 2 aliphatic rings. The third-order valence-electron chi connectivity index (χ3n) is 4.13. The molecule has 0 aliphatic carbocycles. The second-order valence-corrected chi connectivity index (χ2v) is 8.09. The Balaban J connectivity index is 1.78. The van der Waals surface area contributed by atoms with Crippen LogP contribution in [0, 0.1) is 6.92 Å². The van der Waals surface area contributed by atoms with Crippen LogP contribution in [-0.2, 0) is 9.59 Å². The van der Waals surface area contributed by atoms with Crippen molar-refractivity contribution in [3.63, 3.8) is 0 Å². The molecule has 2 heterocycles. The molecule has 0 spiro atoms. The van der Waals surface area contributed by atoms with Crippen molar-refractivity contribution in [3.8, 4) is 0 Å². The summed E-state index contributed by atoms with van der Waals surface area (Å²) in [6.45, 7) is 4.05. The van der Waals surface area contributed by atoms with Crippen molar-refractivity contribution >= 4 is 45.2 Å². The van der Waals surface area contributed by atoms with Gasteiger partial charge in [-0.15, -0.1) is 11.8 Å². The first-order valence-electron chi connectivity index (χ1n) is 6.94. The fourth-order valence-corrected chi connectivity index (χ4v) is 4.98. The number of carbonyl (C=O) groups is 2. The highest BCUT2D eigenvalue weighted by Crippen LogP contribution is 2.47. The lowest BCUT2D eigenvalue weighted by Crippen LogP contribution is -2.48. The summed E-state index contributed by atoms with van der Waals surface area (Å²) in [5.74, 6) is 0.647. The lowest BCUT2D eigenvalue weighted by molar-refractivity contribution is -0.135. The monoisotopic (exact) mass is 368 g/mol. The molecule has 0 radical (unpaired) electrons. The fraction of sp³-hybridized carbons (Fsp3) is 0.467. The van der Waals surface area contributed by atoms with E-state index in [9.17, 15) is 9.59 Å². The lowest BCUT2D eigenvalue weighted by atomic mass is 10.2. The minimum absolute atomic E-state index is 0.0885. The Morgan fingerprint density at radius 2 is 2.29 bits per heavy atom. The number of carbonyl (C=O) groups excluding carboxylic acids is 2. The molecule has 0 unspecified atom stereocenters. The van der Waals surface area contributed by atoms with Crippen LogP contribution >= 0.6 is 27.7 Å². The van der Waals surface area contributed by atoms with Gasteiger partial charge in [0.2, 0.25) is 11.8 Å². The van der Waals surface area contributed by atoms with Crippen molar-refractivity contribution < 1.29 is 9.59 Å². The summed E-state index contributed by atoms with van der Waals surface area (Å²) < 4.78 is 0.858. The molecule has 0 aromatic heterocycles. The number of fused-ring (bicyclic) bond motifs is 1. The first-order chi connectivity index (χ1) is 9.90. The molecule has 2 atom stereocenters. The van der Waals surface area contributed by atoms with Crippen LogP contribution in [0.15, 0.2) is 22.7 Å². The van der Waals surface area contributed by atoms with Crippen LogP contribution in [-0.4, -0.2) is 33.4 Å². The SMILES string of the molecule is Cc1ccc(NC(=O)[C@H]2CS[C@@]3(C)CCC(=O)N23)c(Br)c1. The highest BCUT2D eigenvalue weighted by atomic mass is 79.9. The van der Waals surface area contributed by atoms with Crippen molar-refractivity contribution in [1.82, 2.24) is 4.90 Å². The number of aryl methyl sites for hydroxylation is 1. The second kappa shape index (κ2) is 5.32. The van der Waals surface area contributed by atoms with Gasteiger partial charge in [-0.05, 0) is 53.9 Å². The van der Waals surface area contributed by atoms with Gasteiger partial charge in [-0.1, -0.05) is 6.07 Å². The van der Waals surface area contributed by atoms with Crippen LogP contribution in [0.2, 0.25) is 0 Å². The maximum atomic E-state index is 12.5. The van der Waals surface area contributed by atoms with Crippen LogP contribution in [0.3, 0.4) is 0 Å². The Morgan fingerprint density at radius 1 is 1.52 bits per heavy atom. The highest BCUT2D eigenvalue weighted by Gasteiger charge is 2.52. The summed E-state index contributed by atoms with van der Waals surface area (Å²) >= 11 is 5.17. The number of nitrogens with zero attached hydrogens (tertiary/aromatic N) is 1. The van der Waals surface area contributed by atoms with E-state index in [-0.39, 0.29) is 22.7 Å². The minimum Gasteiger partial charge on any atom is -0.323 e. The number of thioether (sulfide) groups is 1. The van der Waals surface area contributed by atoms with Gasteiger partial charge in [0.15, 0.2) is 0 Å². The summed E-state index contributed by atoms with van der Waals surface area (Å²) in [7, 11) is 0. The van der Waals surface area contributed by atoms with Crippen LogP contribution in [0.5, 0.6) is 0 Å². The topological polar surface area (TPSA) is 49.4 Å². The molecule has 2 fully saturated rings. The largest absolute Gasteiger partial charge is 0.323 e. The molecule has 1 aromatic rings. The Hall–Kier alpha value is -1.01. The number of anilines is 1. The van der Waals surface area contributed by atoms with Gasteiger partial charge in [0, 0.05) is 16.6 Å². The van der Waals surface area contributed by atoms with E-state index in [1.54, 1.807) is 16.7 Å². The molecule has 2 amide bonds. The van der Waals surface area contributed by atoms with E-state index in [1.165, 1.54) is 0 Å². The van der Waals surface area contributed by atoms with Crippen molar-refractivity contribution in [1.29, 1.82) is 0 Å². The number of rotatable bonds is 2. The third kappa shape index (κ3) is 2.59. The zero-order valence-electron chi connectivity index (χ0n) is 12.0. The van der Waals surface area contributed by atoms with Crippen molar-refractivity contribution in [3.05, 3.63) is 28.2 Å². The second-order valence-electron chi connectivity index (χ2n) is 5.74. The number of hydrogen-bond acceptors (Lipinski definition) is 3. The predicted octanol–water partition coefficient (Wildman–Crippen LogP) is 3.15. The van der Waals surface area contributed by atoms with Gasteiger partial charge in [-0.3, -0.25) is 9.59 Å². The maximum absolute atomic E-state index is 12.5. The zero-order chi connectivity index (χ0) is 15.2. The van der Waals surface area contributed by atoms with Gasteiger partial charge in [-0.25, -0.2) is 0 Å². The molecule has 2 aliphatic heterocycles. The molecule has 0 saturated carbocycles. The first-order valence-corrected chi connectivity index (χ1v) is 8.72. The van der Waals surface area contributed by atoms with E-state index in [1.807, 2.05) is 25.1 Å². The summed E-state index contributed by atoms with van der Waals surface area (Å²) in [5, 5.41) is 2.94. The summed E-state index contributed by atoms with van der Waals surface area (Å²) in [4.78, 5) is 26.2. The molecule has 112 valence electrons. The Labute approximate surface area is 136 Å². The van der Waals surface area contributed by atoms with E-state index < -0.39 is 0 Å². The quantitative estimate of drug-likeness (QED) is 0.871. The number of hydrogen-bond donors (Lipinski definition) is 1. The highest BCUT2D eigenvalue weighted by molar-refractivity contribution is 9.10. The van der Waals surface area contributed by atoms with Gasteiger partial charge in [-0.2, -0.15) is 0 Å². The van der Waals surface area contributed by atoms with Gasteiger partial charge in [0.1, 0.15) is 6.04 Å². The molecule has 2 saturated heterocycles. The third-order valence-corrected chi connectivity index (χ3v) is 6.29. The normalized spacial score (nSPS) is 27.9. The number of halogens is 1. The molecular formula is C15H17BrN2O2S. The molecule has 0 bridgehead atoms. The summed E-state index contributed by atoms with van der Waals surface area (Å²) in [6.07, 6.45) is 1.37. The zero-order valence-corrected chi connectivity index (χ0v) is 14.4. The molecule has 3 rings (SSSR count). The fourth-order valence-electron chi connectivity index (χ4n) is 2.95. The van der Waals surface area contributed by atoms with E-state index in [0.717, 1.165) is 22.1 Å². The van der Waals surface area contributed by atoms with Gasteiger partial charge in [0.25, 0.3) is 0 Å². The summed E-state index contributed by atoms with van der Waals surface area (Å²) in [5.41, 5.74) is 1.87. The number of benzene rings is 1. The summed E-state index contributed by atoms with van der Waals surface area (Å²) in [6, 6.07) is 5.42. The average molecular weight is 369 g/mol. The van der Waals surface area contributed by atoms with Gasteiger partial charge < -0.3 is 10.2 Å². The maximum Gasteiger partial charge on any atom is 0.248 e. The van der Waals surface area contributed by atoms with E-state index in [0.29, 0.717) is 12.2 Å². The van der Waals surface area contributed by atoms with E-state index in [4.69, 9.17) is 0 Å². The predicted molar refractivity (Wildman–Crippen MR) is 88.2 cm³/mol. The van der Waals surface area contributed by atoms with Crippen molar-refractivity contribution in [2.24, 2.45) is 0 Å². The molecule has 6 heteroatoms. The lowest BCUT2D eigenvalue weighted by Gasteiger charge is -2.29. The standard InChI is InChI=1S/C15H17BrN2O2S/c1-9-3-4-11(10(16)7-9)17-14(20)12-8-21-15(2)6-5-13(19)18(12)15/h3-4,7,12H,5-6,8H2,1-2H3,(H,17,20)/t12-,15+/m1/s1. The minimum atomic E-state index is -0.372. The van der Waals surface area contributed by atoms with Crippen LogP contribution < -0.4 is 5.32 Å². The van der Waals surface area contributed by atoms with Crippen molar-refractivity contribution in [2.75, 3.05) is 11.1 Å². The van der Waals surface area contributed by atoms with Crippen LogP contribution in [0.4, 0.5) is 5.69 Å². The number of amides is 2. The molecule has 21 heavy (non-hydrogen) atoms. The molecular weight excluding hydrogens is 352 g/mol. The Bertz CT molecular complexity index is 622.